The predicted octanol–water partition coefficient (Wildman–Crippen LogP) is -1.28. The van der Waals surface area contributed by atoms with Crippen LogP contribution in [-0.4, -0.2) is 20.2 Å². The summed E-state index contributed by atoms with van der Waals surface area (Å²) in [5.74, 6) is 0.382. The molecule has 0 atom stereocenters. The molecule has 58 valence electrons. The molecule has 1 fully saturated rings. The largest absolute Gasteiger partial charge is 1.00 e. The molecule has 0 saturated carbocycles. The van der Waals surface area contributed by atoms with Crippen molar-refractivity contribution in [3.8, 4) is 0 Å². The van der Waals surface area contributed by atoms with Crippen LogP contribution in [0.25, 0.3) is 0 Å². The molecule has 6 heteroatoms. The van der Waals surface area contributed by atoms with Crippen molar-refractivity contribution in [3.05, 3.63) is 11.5 Å². The van der Waals surface area contributed by atoms with Gasteiger partial charge in [-0.1, -0.05) is 5.57 Å². The van der Waals surface area contributed by atoms with Gasteiger partial charge in [-0.05, 0) is 6.42 Å². The fourth-order valence-electron chi connectivity index (χ4n) is 0.877. The monoisotopic (exact) mass is 190 g/mol. The Morgan fingerprint density at radius 2 is 2.00 bits per heavy atom. The Kier molecular flexibility index (Phi) is 5.58. The molecule has 0 aliphatic carbocycles. The summed E-state index contributed by atoms with van der Waals surface area (Å²) in [7, 11) is 0. The van der Waals surface area contributed by atoms with E-state index in [9.17, 15) is 12.9 Å². The summed E-state index contributed by atoms with van der Waals surface area (Å²) >= 11 is 0. The summed E-state index contributed by atoms with van der Waals surface area (Å²) in [6.07, 6.45) is 0.432. The minimum Gasteiger partial charge on any atom is -0.445 e. The molecule has 0 aromatic heterocycles. The van der Waals surface area contributed by atoms with Gasteiger partial charge in [-0.15, -0.1) is 5.98 Å². The first-order chi connectivity index (χ1) is 4.58. The van der Waals surface area contributed by atoms with Gasteiger partial charge in [0.2, 0.25) is 0 Å². The Balaban J connectivity index is 0.000001000. The summed E-state index contributed by atoms with van der Waals surface area (Å²) in [5, 5.41) is 0. The number of ether oxygens (including phenoxy) is 1. The van der Waals surface area contributed by atoms with Crippen LogP contribution in [0.3, 0.4) is 0 Å². The summed E-state index contributed by atoms with van der Waals surface area (Å²) in [5.41, 5.74) is 0.368. The molecule has 0 spiro atoms. The number of hydrogen-bond acceptors (Lipinski definition) is 1. The average Bonchev–Trinajstić information content (AvgIpc) is 2.12. The van der Waals surface area contributed by atoms with Crippen LogP contribution >= 0.6 is 0 Å². The van der Waals surface area contributed by atoms with Crippen molar-refractivity contribution in [1.29, 1.82) is 0 Å². The molecule has 1 aliphatic rings. The second kappa shape index (κ2) is 5.04. The van der Waals surface area contributed by atoms with Crippen LogP contribution < -0.4 is 51.4 Å². The van der Waals surface area contributed by atoms with Crippen molar-refractivity contribution in [2.75, 3.05) is 13.2 Å². The predicted molar refractivity (Wildman–Crippen MR) is 32.6 cm³/mol. The average molecular weight is 190 g/mol. The molecule has 1 aliphatic heterocycles. The van der Waals surface area contributed by atoms with E-state index in [1.54, 1.807) is 0 Å². The molecule has 0 aromatic carbocycles. The van der Waals surface area contributed by atoms with Crippen molar-refractivity contribution in [3.63, 3.8) is 0 Å². The van der Waals surface area contributed by atoms with Crippen molar-refractivity contribution < 1.29 is 69.1 Å². The van der Waals surface area contributed by atoms with Gasteiger partial charge in [-0.3, -0.25) is 0 Å². The van der Waals surface area contributed by atoms with Gasteiger partial charge in [0.15, 0.2) is 0 Å². The van der Waals surface area contributed by atoms with Gasteiger partial charge in [0.25, 0.3) is 0 Å². The Morgan fingerprint density at radius 1 is 1.36 bits per heavy atom. The van der Waals surface area contributed by atoms with Gasteiger partial charge in [-0.25, -0.2) is 0 Å². The van der Waals surface area contributed by atoms with Gasteiger partial charge >= 0.3 is 58.4 Å². The van der Waals surface area contributed by atoms with E-state index in [0.29, 0.717) is 24.6 Å². The van der Waals surface area contributed by atoms with Crippen LogP contribution in [0.5, 0.6) is 0 Å². The molecule has 1 rings (SSSR count). The van der Waals surface area contributed by atoms with Crippen molar-refractivity contribution >= 4 is 6.98 Å². The molecule has 0 radical (unpaired) electrons. The second-order valence-electron chi connectivity index (χ2n) is 2.25. The van der Waals surface area contributed by atoms with E-state index in [4.69, 9.17) is 4.74 Å². The maximum atomic E-state index is 11.6. The standard InChI is InChI=1S/C5H7BF3O.K/c7-6(8,9)3-5-1-2-10-4-5;/h3H,1-2,4H2;/q-1;+1/b5-3-;. The second-order valence-corrected chi connectivity index (χ2v) is 2.25. The maximum absolute atomic E-state index is 11.6. The molecule has 0 N–H and O–H groups in total. The number of rotatable bonds is 1. The molecule has 11 heavy (non-hydrogen) atoms. The minimum atomic E-state index is -4.76. The molecular formula is C5H7BF3KO. The fraction of sp³-hybridized carbons (Fsp3) is 0.600. The molecule has 0 aromatic rings. The minimum absolute atomic E-state index is 0. The first-order valence-electron chi connectivity index (χ1n) is 3.06. The quantitative estimate of drug-likeness (QED) is 0.468. The Hall–Kier alpha value is 1.19. The third-order valence-electron chi connectivity index (χ3n) is 1.28. The van der Waals surface area contributed by atoms with Gasteiger partial charge in [0, 0.05) is 0 Å². The van der Waals surface area contributed by atoms with Crippen LogP contribution in [0, 0.1) is 0 Å². The van der Waals surface area contributed by atoms with E-state index in [0.717, 1.165) is 0 Å². The van der Waals surface area contributed by atoms with Gasteiger partial charge < -0.3 is 17.7 Å². The van der Waals surface area contributed by atoms with Crippen molar-refractivity contribution in [2.24, 2.45) is 0 Å². The Labute approximate surface area is 106 Å². The number of halogens is 3. The van der Waals surface area contributed by atoms with Crippen LogP contribution in [0.4, 0.5) is 12.9 Å². The summed E-state index contributed by atoms with van der Waals surface area (Å²) < 4.78 is 39.7. The zero-order valence-electron chi connectivity index (χ0n) is 6.32. The molecule has 1 nitrogen and oxygen atoms in total. The molecule has 0 bridgehead atoms. The SMILES string of the molecule is F[B-](F)(F)/C=C1/CCOC1.[K+]. The molecule has 0 unspecified atom stereocenters. The Morgan fingerprint density at radius 3 is 2.36 bits per heavy atom. The van der Waals surface area contributed by atoms with Crippen LogP contribution in [0.1, 0.15) is 6.42 Å². The van der Waals surface area contributed by atoms with E-state index in [1.165, 1.54) is 0 Å². The first kappa shape index (κ1) is 12.2. The van der Waals surface area contributed by atoms with Crippen LogP contribution in [-0.2, 0) is 4.74 Å². The first-order valence-corrected chi connectivity index (χ1v) is 3.06. The normalized spacial score (nSPS) is 21.9. The molecule has 0 amide bonds. The van der Waals surface area contributed by atoms with E-state index in [1.807, 2.05) is 0 Å². The zero-order valence-corrected chi connectivity index (χ0v) is 9.44. The van der Waals surface area contributed by atoms with Gasteiger partial charge in [0.05, 0.1) is 13.2 Å². The Bertz CT molecular complexity index is 148. The third-order valence-corrected chi connectivity index (χ3v) is 1.28. The summed E-state index contributed by atoms with van der Waals surface area (Å²) in [4.78, 5) is 0. The van der Waals surface area contributed by atoms with E-state index in [2.05, 4.69) is 0 Å². The van der Waals surface area contributed by atoms with E-state index >= 15 is 0 Å². The topological polar surface area (TPSA) is 9.23 Å². The van der Waals surface area contributed by atoms with Crippen molar-refractivity contribution in [2.45, 2.75) is 6.42 Å². The van der Waals surface area contributed by atoms with Gasteiger partial charge in [-0.2, -0.15) is 0 Å². The maximum Gasteiger partial charge on any atom is 1.00 e. The van der Waals surface area contributed by atoms with Crippen LogP contribution in [0.2, 0.25) is 0 Å². The molecule has 1 heterocycles. The fourth-order valence-corrected chi connectivity index (χ4v) is 0.877. The van der Waals surface area contributed by atoms with E-state index in [-0.39, 0.29) is 58.0 Å². The molecular weight excluding hydrogens is 183 g/mol. The zero-order chi connectivity index (χ0) is 7.61. The number of hydrogen-bond donors (Lipinski definition) is 0. The molecule has 1 saturated heterocycles. The summed E-state index contributed by atoms with van der Waals surface area (Å²) in [6, 6.07) is 0. The van der Waals surface area contributed by atoms with E-state index < -0.39 is 6.98 Å². The summed E-state index contributed by atoms with van der Waals surface area (Å²) in [6.45, 7) is -4.17. The van der Waals surface area contributed by atoms with Crippen molar-refractivity contribution in [1.82, 2.24) is 0 Å². The smallest absolute Gasteiger partial charge is 0.445 e. The third kappa shape index (κ3) is 5.43. The van der Waals surface area contributed by atoms with Crippen LogP contribution in [0.15, 0.2) is 11.5 Å². The van der Waals surface area contributed by atoms with Gasteiger partial charge in [0.1, 0.15) is 0 Å².